The van der Waals surface area contributed by atoms with Crippen molar-refractivity contribution in [3.8, 4) is 0 Å². The van der Waals surface area contributed by atoms with Gasteiger partial charge < -0.3 is 24.9 Å². The zero-order valence-electron chi connectivity index (χ0n) is 10.8. The first-order valence-electron chi connectivity index (χ1n) is 6.34. The van der Waals surface area contributed by atoms with Crippen molar-refractivity contribution in [2.75, 3.05) is 13.2 Å². The molecule has 8 heteroatoms. The van der Waals surface area contributed by atoms with Crippen LogP contribution in [0.3, 0.4) is 0 Å². The van der Waals surface area contributed by atoms with E-state index >= 15 is 0 Å². The van der Waals surface area contributed by atoms with Crippen molar-refractivity contribution >= 4 is 5.91 Å². The maximum absolute atomic E-state index is 12.1. The average Bonchev–Trinajstić information content (AvgIpc) is 2.94. The molecule has 8 nitrogen and oxygen atoms in total. The highest BCUT2D eigenvalue weighted by molar-refractivity contribution is 5.93. The van der Waals surface area contributed by atoms with E-state index in [9.17, 15) is 14.7 Å². The number of amides is 1. The predicted molar refractivity (Wildman–Crippen MR) is 66.3 cm³/mol. The van der Waals surface area contributed by atoms with Gasteiger partial charge in [0.1, 0.15) is 29.7 Å². The fourth-order valence-electron chi connectivity index (χ4n) is 2.49. The highest BCUT2D eigenvalue weighted by Crippen LogP contribution is 2.26. The third kappa shape index (κ3) is 2.21. The summed E-state index contributed by atoms with van der Waals surface area (Å²) in [5, 5.41) is 12.3. The number of nitrogens with one attached hydrogen (secondary N) is 2. The van der Waals surface area contributed by atoms with E-state index in [1.54, 1.807) is 6.92 Å². The number of aromatic nitrogens is 2. The second kappa shape index (κ2) is 4.97. The lowest BCUT2D eigenvalue weighted by Crippen LogP contribution is -2.45. The van der Waals surface area contributed by atoms with Crippen LogP contribution in [0.2, 0.25) is 0 Å². The number of aliphatic hydroxyl groups excluding tert-OH is 1. The number of nitrogens with zero attached hydrogens (tertiary/aromatic N) is 1. The number of hydrogen-bond acceptors (Lipinski definition) is 6. The molecule has 3 N–H and O–H groups in total. The number of hydrogen-bond donors (Lipinski definition) is 3. The van der Waals surface area contributed by atoms with E-state index in [0.717, 1.165) is 0 Å². The van der Waals surface area contributed by atoms with Crippen molar-refractivity contribution in [1.82, 2.24) is 15.3 Å². The van der Waals surface area contributed by atoms with Crippen molar-refractivity contribution < 1.29 is 19.4 Å². The number of aryl methyl sites for hydroxylation is 1. The number of fused-ring (bicyclic) bond motifs is 1. The molecule has 0 unspecified atom stereocenters. The molecule has 0 aromatic carbocycles. The molecule has 0 bridgehead atoms. The SMILES string of the molecule is Cc1ncc(C(=O)N[C@H]2CO[C@H]3[C@@H]2OC[C@@H]3O)c(=O)[nH]1. The Balaban J connectivity index is 1.72. The van der Waals surface area contributed by atoms with Crippen LogP contribution in [-0.2, 0) is 9.47 Å². The Kier molecular flexibility index (Phi) is 3.28. The van der Waals surface area contributed by atoms with Crippen LogP contribution >= 0.6 is 0 Å². The number of rotatable bonds is 2. The first-order chi connectivity index (χ1) is 9.56. The van der Waals surface area contributed by atoms with E-state index in [0.29, 0.717) is 5.82 Å². The molecule has 4 atom stereocenters. The molecular formula is C12H15N3O5. The van der Waals surface area contributed by atoms with Crippen LogP contribution < -0.4 is 10.9 Å². The minimum atomic E-state index is -0.675. The molecule has 0 spiro atoms. The second-order valence-corrected chi connectivity index (χ2v) is 4.95. The fourth-order valence-corrected chi connectivity index (χ4v) is 2.49. The minimum Gasteiger partial charge on any atom is -0.388 e. The molecule has 0 radical (unpaired) electrons. The lowest BCUT2D eigenvalue weighted by atomic mass is 10.1. The van der Waals surface area contributed by atoms with Crippen molar-refractivity contribution in [1.29, 1.82) is 0 Å². The van der Waals surface area contributed by atoms with Crippen LogP contribution in [-0.4, -0.2) is 58.5 Å². The molecule has 1 amide bonds. The Hall–Kier alpha value is -1.77. The first kappa shape index (κ1) is 13.2. The number of aromatic amines is 1. The van der Waals surface area contributed by atoms with Crippen LogP contribution in [0, 0.1) is 6.92 Å². The van der Waals surface area contributed by atoms with Crippen LogP contribution in [0.5, 0.6) is 0 Å². The summed E-state index contributed by atoms with van der Waals surface area (Å²) in [6, 6.07) is -0.384. The monoisotopic (exact) mass is 281 g/mol. The van der Waals surface area contributed by atoms with E-state index < -0.39 is 23.7 Å². The molecule has 2 aliphatic rings. The number of carbonyl (C=O) groups excluding carboxylic acids is 1. The Labute approximate surface area is 114 Å². The van der Waals surface area contributed by atoms with Crippen LogP contribution in [0.4, 0.5) is 0 Å². The minimum absolute atomic E-state index is 0.0578. The summed E-state index contributed by atoms with van der Waals surface area (Å²) in [5.41, 5.74) is -0.546. The molecule has 0 aliphatic carbocycles. The van der Waals surface area contributed by atoms with Crippen molar-refractivity contribution in [3.05, 3.63) is 27.9 Å². The third-order valence-electron chi connectivity index (χ3n) is 3.51. The van der Waals surface area contributed by atoms with Gasteiger partial charge in [-0.2, -0.15) is 0 Å². The molecular weight excluding hydrogens is 266 g/mol. The maximum atomic E-state index is 12.1. The summed E-state index contributed by atoms with van der Waals surface area (Å²) < 4.78 is 10.8. The summed E-state index contributed by atoms with van der Waals surface area (Å²) in [7, 11) is 0. The molecule has 1 aromatic heterocycles. The molecule has 108 valence electrons. The number of aliphatic hydroxyl groups is 1. The van der Waals surface area contributed by atoms with Gasteiger partial charge in [0.25, 0.3) is 11.5 Å². The molecule has 2 fully saturated rings. The van der Waals surface area contributed by atoms with Crippen LogP contribution in [0.25, 0.3) is 0 Å². The van der Waals surface area contributed by atoms with Crippen molar-refractivity contribution in [2.45, 2.75) is 31.3 Å². The van der Waals surface area contributed by atoms with Gasteiger partial charge >= 0.3 is 0 Å². The summed E-state index contributed by atoms with van der Waals surface area (Å²) in [6.45, 7) is 2.07. The molecule has 1 aromatic rings. The normalized spacial score (nSPS) is 32.1. The highest BCUT2D eigenvalue weighted by Gasteiger charge is 2.47. The molecule has 0 saturated carbocycles. The van der Waals surface area contributed by atoms with Gasteiger partial charge in [-0.3, -0.25) is 9.59 Å². The van der Waals surface area contributed by atoms with Crippen LogP contribution in [0.15, 0.2) is 11.0 Å². The van der Waals surface area contributed by atoms with Crippen molar-refractivity contribution in [2.24, 2.45) is 0 Å². The third-order valence-corrected chi connectivity index (χ3v) is 3.51. The Morgan fingerprint density at radius 3 is 2.95 bits per heavy atom. The van der Waals surface area contributed by atoms with Gasteiger partial charge in [0.2, 0.25) is 0 Å². The number of carbonyl (C=O) groups is 1. The Bertz CT molecular complexity index is 587. The molecule has 3 heterocycles. The summed E-state index contributed by atoms with van der Waals surface area (Å²) in [5.74, 6) is -0.0870. The standard InChI is InChI=1S/C12H15N3O5/c1-5-13-2-6(11(17)14-5)12(18)15-7-3-19-10-8(16)4-20-9(7)10/h2,7-10,16H,3-4H2,1H3,(H,15,18)(H,13,14,17)/t7-,8-,9+,10+/m0/s1. The van der Waals surface area contributed by atoms with Crippen molar-refractivity contribution in [3.63, 3.8) is 0 Å². The highest BCUT2D eigenvalue weighted by atomic mass is 16.6. The maximum Gasteiger partial charge on any atom is 0.263 e. The first-order valence-corrected chi connectivity index (χ1v) is 6.34. The van der Waals surface area contributed by atoms with Gasteiger partial charge in [-0.05, 0) is 6.92 Å². The molecule has 20 heavy (non-hydrogen) atoms. The number of ether oxygens (including phenoxy) is 2. The Morgan fingerprint density at radius 1 is 1.45 bits per heavy atom. The fraction of sp³-hybridized carbons (Fsp3) is 0.583. The zero-order valence-corrected chi connectivity index (χ0v) is 10.8. The van der Waals surface area contributed by atoms with Gasteiger partial charge in [-0.15, -0.1) is 0 Å². The molecule has 2 aliphatic heterocycles. The quantitative estimate of drug-likeness (QED) is 0.597. The summed E-state index contributed by atoms with van der Waals surface area (Å²) >= 11 is 0. The van der Waals surface area contributed by atoms with E-state index in [1.807, 2.05) is 0 Å². The molecule has 3 rings (SSSR count). The smallest absolute Gasteiger partial charge is 0.263 e. The zero-order chi connectivity index (χ0) is 14.3. The van der Waals surface area contributed by atoms with E-state index in [1.165, 1.54) is 6.20 Å². The van der Waals surface area contributed by atoms with Gasteiger partial charge in [0.15, 0.2) is 0 Å². The van der Waals surface area contributed by atoms with E-state index in [2.05, 4.69) is 15.3 Å². The lowest BCUT2D eigenvalue weighted by Gasteiger charge is -2.17. The second-order valence-electron chi connectivity index (χ2n) is 4.95. The van der Waals surface area contributed by atoms with Gasteiger partial charge in [-0.25, -0.2) is 4.98 Å². The summed E-state index contributed by atoms with van der Waals surface area (Å²) in [4.78, 5) is 30.1. The molecule has 2 saturated heterocycles. The average molecular weight is 281 g/mol. The van der Waals surface area contributed by atoms with Gasteiger partial charge in [0, 0.05) is 6.20 Å². The predicted octanol–water partition coefficient (Wildman–Crippen LogP) is -1.66. The number of H-pyrrole nitrogens is 1. The topological polar surface area (TPSA) is 114 Å². The lowest BCUT2D eigenvalue weighted by molar-refractivity contribution is 0.0178. The Morgan fingerprint density at radius 2 is 2.20 bits per heavy atom. The van der Waals surface area contributed by atoms with E-state index in [-0.39, 0.29) is 30.9 Å². The largest absolute Gasteiger partial charge is 0.388 e. The van der Waals surface area contributed by atoms with Gasteiger partial charge in [0.05, 0.1) is 19.3 Å². The van der Waals surface area contributed by atoms with E-state index in [4.69, 9.17) is 9.47 Å². The summed E-state index contributed by atoms with van der Waals surface area (Å²) in [6.07, 6.45) is -0.242. The van der Waals surface area contributed by atoms with Crippen LogP contribution in [0.1, 0.15) is 16.2 Å². The van der Waals surface area contributed by atoms with Gasteiger partial charge in [-0.1, -0.05) is 0 Å².